The van der Waals surface area contributed by atoms with Gasteiger partial charge in [-0.3, -0.25) is 9.48 Å². The maximum absolute atomic E-state index is 13.6. The van der Waals surface area contributed by atoms with E-state index in [0.29, 0.717) is 17.1 Å². The van der Waals surface area contributed by atoms with Crippen LogP contribution in [0.1, 0.15) is 89.8 Å². The first-order chi connectivity index (χ1) is 13.9. The second kappa shape index (κ2) is 6.82. The van der Waals surface area contributed by atoms with Gasteiger partial charge in [0.15, 0.2) is 5.78 Å². The van der Waals surface area contributed by atoms with Crippen molar-refractivity contribution in [3.8, 4) is 0 Å². The number of fused-ring (bicyclic) bond motifs is 5. The molecule has 0 radical (unpaired) electrons. The quantitative estimate of drug-likeness (QED) is 0.559. The number of aryl methyl sites for hydroxylation is 1. The van der Waals surface area contributed by atoms with Crippen molar-refractivity contribution in [2.45, 2.75) is 92.0 Å². The van der Waals surface area contributed by atoms with Crippen molar-refractivity contribution in [3.63, 3.8) is 0 Å². The van der Waals surface area contributed by atoms with Crippen molar-refractivity contribution in [3.05, 3.63) is 23.0 Å². The van der Waals surface area contributed by atoms with Crippen molar-refractivity contribution in [1.29, 1.82) is 0 Å². The molecule has 4 fully saturated rings. The van der Waals surface area contributed by atoms with E-state index in [4.69, 9.17) is 0 Å². The number of aromatic nitrogens is 2. The van der Waals surface area contributed by atoms with E-state index in [1.807, 2.05) is 10.9 Å². The number of ketones is 1. The molecule has 4 aliphatic rings. The summed E-state index contributed by atoms with van der Waals surface area (Å²) >= 11 is 0. The zero-order valence-corrected chi connectivity index (χ0v) is 18.8. The van der Waals surface area contributed by atoms with Crippen molar-refractivity contribution in [2.75, 3.05) is 0 Å². The fourth-order valence-electron chi connectivity index (χ4n) is 8.20. The van der Waals surface area contributed by atoms with Crippen LogP contribution >= 0.6 is 0 Å². The van der Waals surface area contributed by atoms with E-state index in [1.54, 1.807) is 0 Å². The number of carbonyl (C=O) groups is 1. The van der Waals surface area contributed by atoms with Crippen molar-refractivity contribution in [2.24, 2.45) is 34.5 Å². The summed E-state index contributed by atoms with van der Waals surface area (Å²) in [6.07, 6.45) is 16.0. The van der Waals surface area contributed by atoms with Gasteiger partial charge in [0, 0.05) is 23.2 Å². The molecule has 0 amide bonds. The third-order valence-electron chi connectivity index (χ3n) is 9.99. The lowest BCUT2D eigenvalue weighted by atomic mass is 9.45. The highest BCUT2D eigenvalue weighted by molar-refractivity contribution is 6.06. The lowest BCUT2D eigenvalue weighted by molar-refractivity contribution is -0.137. The molecule has 1 heterocycles. The number of allylic oxidation sites excluding steroid dienone is 1. The number of Topliss-reactive ketones (excluding diaryl/α,β-unsaturated/α-hetero) is 1. The smallest absolute Gasteiger partial charge is 0.165 e. The minimum Gasteiger partial charge on any atom is -0.294 e. The first-order valence-electron chi connectivity index (χ1n) is 12.2. The molecule has 3 heteroatoms. The molecule has 4 aliphatic carbocycles. The molecule has 158 valence electrons. The topological polar surface area (TPSA) is 34.9 Å². The lowest BCUT2D eigenvalue weighted by Crippen LogP contribution is -2.52. The zero-order valence-electron chi connectivity index (χ0n) is 18.8. The number of nitrogens with zero attached hydrogens (tertiary/aromatic N) is 2. The minimum atomic E-state index is -0.125. The fourth-order valence-corrected chi connectivity index (χ4v) is 8.20. The summed E-state index contributed by atoms with van der Waals surface area (Å²) < 4.78 is 2.03. The maximum atomic E-state index is 13.6. The van der Waals surface area contributed by atoms with Gasteiger partial charge in [-0.15, -0.1) is 0 Å². The average molecular weight is 395 g/mol. The predicted molar refractivity (Wildman–Crippen MR) is 117 cm³/mol. The van der Waals surface area contributed by atoms with Crippen LogP contribution in [0.3, 0.4) is 0 Å². The van der Waals surface area contributed by atoms with Gasteiger partial charge >= 0.3 is 0 Å². The van der Waals surface area contributed by atoms with Gasteiger partial charge in [0.05, 0.1) is 6.20 Å². The Labute approximate surface area is 176 Å². The molecule has 0 saturated heterocycles. The van der Waals surface area contributed by atoms with Crippen LogP contribution in [0.25, 0.3) is 6.08 Å². The van der Waals surface area contributed by atoms with Crippen LogP contribution in [0.2, 0.25) is 0 Å². The Morgan fingerprint density at radius 1 is 1.14 bits per heavy atom. The van der Waals surface area contributed by atoms with Crippen LogP contribution in [0.4, 0.5) is 0 Å². The number of rotatable bonds is 2. The number of hydrogen-bond donors (Lipinski definition) is 0. The van der Waals surface area contributed by atoms with Gasteiger partial charge in [-0.25, -0.2) is 0 Å². The Hall–Kier alpha value is -1.38. The van der Waals surface area contributed by atoms with Gasteiger partial charge in [0.2, 0.25) is 0 Å². The summed E-state index contributed by atoms with van der Waals surface area (Å²) in [5.74, 6) is 3.54. The summed E-state index contributed by atoms with van der Waals surface area (Å²) in [7, 11) is 0. The molecule has 1 aromatic rings. The second-order valence-electron chi connectivity index (χ2n) is 11.1. The number of hydrogen-bond acceptors (Lipinski definition) is 2. The highest BCUT2D eigenvalue weighted by atomic mass is 16.1. The van der Waals surface area contributed by atoms with Crippen molar-refractivity contribution in [1.82, 2.24) is 9.78 Å². The van der Waals surface area contributed by atoms with Crippen LogP contribution in [-0.4, -0.2) is 15.6 Å². The highest BCUT2D eigenvalue weighted by Gasteiger charge is 2.60. The van der Waals surface area contributed by atoms with Gasteiger partial charge in [0.1, 0.15) is 0 Å². The van der Waals surface area contributed by atoms with Gasteiger partial charge in [-0.05, 0) is 99.5 Å². The molecule has 0 spiro atoms. The fraction of sp³-hybridized carbons (Fsp3) is 0.769. The average Bonchev–Trinajstić information content (AvgIpc) is 3.19. The molecule has 4 saturated carbocycles. The lowest BCUT2D eigenvalue weighted by Gasteiger charge is -2.59. The Bertz CT molecular complexity index is 851. The molecular formula is C26H38N2O. The summed E-state index contributed by atoms with van der Waals surface area (Å²) in [5, 5.41) is 4.49. The zero-order chi connectivity index (χ0) is 20.4. The Morgan fingerprint density at radius 3 is 2.72 bits per heavy atom. The summed E-state index contributed by atoms with van der Waals surface area (Å²) in [6.45, 7) is 10.0. The van der Waals surface area contributed by atoms with E-state index < -0.39 is 0 Å². The molecule has 0 N–H and O–H groups in total. The van der Waals surface area contributed by atoms with E-state index in [9.17, 15) is 4.79 Å². The Kier molecular flexibility index (Phi) is 4.60. The van der Waals surface area contributed by atoms with E-state index in [1.165, 1.54) is 50.6 Å². The van der Waals surface area contributed by atoms with E-state index >= 15 is 0 Å². The van der Waals surface area contributed by atoms with E-state index in [-0.39, 0.29) is 5.41 Å². The molecule has 0 aromatic carbocycles. The predicted octanol–water partition coefficient (Wildman–Crippen LogP) is 6.21. The summed E-state index contributed by atoms with van der Waals surface area (Å²) in [5.41, 5.74) is 3.81. The molecule has 0 bridgehead atoms. The number of carbonyl (C=O) groups excluding carboxylic acids is 1. The molecule has 0 unspecified atom stereocenters. The summed E-state index contributed by atoms with van der Waals surface area (Å²) in [4.78, 5) is 13.6. The van der Waals surface area contributed by atoms with Gasteiger partial charge < -0.3 is 0 Å². The second-order valence-corrected chi connectivity index (χ2v) is 11.1. The van der Waals surface area contributed by atoms with Crippen molar-refractivity contribution < 1.29 is 4.79 Å². The van der Waals surface area contributed by atoms with Crippen LogP contribution in [0.5, 0.6) is 0 Å². The van der Waals surface area contributed by atoms with Crippen LogP contribution < -0.4 is 0 Å². The SMILES string of the molecule is CCn1ncc(/C=C2\C[C@@H]3[C@H]4CC[C@@H]5CCCC[C@]5(C)[C@@H]4CC[C@@]3(C)C2=O)c1C. The van der Waals surface area contributed by atoms with Crippen molar-refractivity contribution >= 4 is 11.9 Å². The van der Waals surface area contributed by atoms with Gasteiger partial charge in [-0.2, -0.15) is 5.10 Å². The molecule has 3 nitrogen and oxygen atoms in total. The first-order valence-corrected chi connectivity index (χ1v) is 12.2. The molecule has 1 aromatic heterocycles. The highest BCUT2D eigenvalue weighted by Crippen LogP contribution is 2.66. The minimum absolute atomic E-state index is 0.125. The maximum Gasteiger partial charge on any atom is 0.165 e. The molecular weight excluding hydrogens is 356 g/mol. The molecule has 5 rings (SSSR count). The first kappa shape index (κ1) is 19.6. The standard InChI is InChI=1S/C26H38N2O/c1-5-28-17(2)19(16-27-28)14-18-15-23-21-10-9-20-8-6-7-12-25(20,3)22(21)11-13-26(23,4)24(18)29/h14,16,20-23H,5-13,15H2,1-4H3/b18-14+/t20-,21-,22+,23+,25-,26+/m0/s1. The molecule has 6 atom stereocenters. The monoisotopic (exact) mass is 394 g/mol. The van der Waals surface area contributed by atoms with Crippen LogP contribution in [-0.2, 0) is 11.3 Å². The van der Waals surface area contributed by atoms with Gasteiger partial charge in [-0.1, -0.05) is 26.7 Å². The van der Waals surface area contributed by atoms with Crippen LogP contribution in [0.15, 0.2) is 11.8 Å². The normalized spacial score (nSPS) is 43.2. The summed E-state index contributed by atoms with van der Waals surface area (Å²) in [6, 6.07) is 0. The molecule has 0 aliphatic heterocycles. The largest absolute Gasteiger partial charge is 0.294 e. The third-order valence-corrected chi connectivity index (χ3v) is 9.99. The Morgan fingerprint density at radius 2 is 1.97 bits per heavy atom. The van der Waals surface area contributed by atoms with E-state index in [0.717, 1.165) is 48.3 Å². The Balaban J connectivity index is 1.46. The van der Waals surface area contributed by atoms with Gasteiger partial charge in [0.25, 0.3) is 0 Å². The molecule has 29 heavy (non-hydrogen) atoms. The third kappa shape index (κ3) is 2.75. The van der Waals surface area contributed by atoms with E-state index in [2.05, 4.69) is 38.9 Å². The van der Waals surface area contributed by atoms with Crippen LogP contribution in [0, 0.1) is 41.4 Å².